The number of aromatic carboxylic acids is 1. The van der Waals surface area contributed by atoms with Crippen molar-refractivity contribution >= 4 is 5.97 Å². The van der Waals surface area contributed by atoms with E-state index in [9.17, 15) is 14.7 Å². The molecular formula is C17H16N2O4. The van der Waals surface area contributed by atoms with Gasteiger partial charge in [0.2, 0.25) is 0 Å². The van der Waals surface area contributed by atoms with E-state index in [1.807, 2.05) is 22.8 Å². The molecular weight excluding hydrogens is 296 g/mol. The maximum absolute atomic E-state index is 12.1. The summed E-state index contributed by atoms with van der Waals surface area (Å²) in [6.07, 6.45) is 1.48. The molecule has 2 aliphatic rings. The summed E-state index contributed by atoms with van der Waals surface area (Å²) < 4.78 is 7.26. The first-order valence-electron chi connectivity index (χ1n) is 7.48. The average Bonchev–Trinajstić information content (AvgIpc) is 3.03. The smallest absolute Gasteiger partial charge is 0.341 e. The molecule has 1 saturated heterocycles. The zero-order valence-electron chi connectivity index (χ0n) is 12.6. The Bertz CT molecular complexity index is 871. The Labute approximate surface area is 132 Å². The predicted octanol–water partition coefficient (Wildman–Crippen LogP) is 1.46. The summed E-state index contributed by atoms with van der Waals surface area (Å²) >= 11 is 0. The number of nitrogens with one attached hydrogen (secondary N) is 1. The second-order valence-corrected chi connectivity index (χ2v) is 5.93. The zero-order valence-corrected chi connectivity index (χ0v) is 12.6. The van der Waals surface area contributed by atoms with Crippen molar-refractivity contribution in [2.45, 2.75) is 12.0 Å². The number of carbonyl (C=O) groups is 1. The molecule has 1 fully saturated rings. The summed E-state index contributed by atoms with van der Waals surface area (Å²) in [6, 6.07) is 7.35. The van der Waals surface area contributed by atoms with E-state index in [0.29, 0.717) is 0 Å². The number of pyridine rings is 1. The van der Waals surface area contributed by atoms with Crippen LogP contribution in [0.5, 0.6) is 5.75 Å². The third-order valence-corrected chi connectivity index (χ3v) is 4.78. The van der Waals surface area contributed by atoms with E-state index in [1.165, 1.54) is 12.3 Å². The second kappa shape index (κ2) is 4.96. The number of hydrogen-bond donors (Lipinski definition) is 2. The summed E-state index contributed by atoms with van der Waals surface area (Å²) in [5, 5.41) is 12.6. The monoisotopic (exact) mass is 312 g/mol. The minimum Gasteiger partial charge on any atom is -0.497 e. The molecule has 0 radical (unpaired) electrons. The van der Waals surface area contributed by atoms with E-state index in [4.69, 9.17) is 4.74 Å². The standard InChI is InChI=1S/C17H16N2O4/c1-23-9-2-3-10-11(4-9)12-6-18-7-15(12)19-8-13(17(21)22)16(20)5-14(10)19/h2-5,8,12,15,18H,6-7H2,1H3,(H,21,22). The van der Waals surface area contributed by atoms with Gasteiger partial charge in [-0.3, -0.25) is 4.79 Å². The van der Waals surface area contributed by atoms with Gasteiger partial charge in [-0.2, -0.15) is 0 Å². The van der Waals surface area contributed by atoms with Crippen molar-refractivity contribution in [1.29, 1.82) is 0 Å². The highest BCUT2D eigenvalue weighted by Gasteiger charge is 2.37. The van der Waals surface area contributed by atoms with Crippen LogP contribution in [-0.4, -0.2) is 35.8 Å². The van der Waals surface area contributed by atoms with Crippen molar-refractivity contribution in [2.24, 2.45) is 0 Å². The Morgan fingerprint density at radius 2 is 2.17 bits per heavy atom. The van der Waals surface area contributed by atoms with Gasteiger partial charge in [0.1, 0.15) is 11.3 Å². The maximum Gasteiger partial charge on any atom is 0.341 e. The fraction of sp³-hybridized carbons (Fsp3) is 0.294. The third-order valence-electron chi connectivity index (χ3n) is 4.78. The highest BCUT2D eigenvalue weighted by molar-refractivity contribution is 5.87. The van der Waals surface area contributed by atoms with Crippen LogP contribution in [0.4, 0.5) is 0 Å². The van der Waals surface area contributed by atoms with Gasteiger partial charge in [-0.1, -0.05) is 0 Å². The van der Waals surface area contributed by atoms with Crippen LogP contribution >= 0.6 is 0 Å². The van der Waals surface area contributed by atoms with Gasteiger partial charge in [-0.05, 0) is 23.8 Å². The van der Waals surface area contributed by atoms with Crippen molar-refractivity contribution in [3.05, 3.63) is 51.8 Å². The Morgan fingerprint density at radius 3 is 2.91 bits per heavy atom. The van der Waals surface area contributed by atoms with Crippen LogP contribution in [0.25, 0.3) is 11.3 Å². The number of nitrogens with zero attached hydrogens (tertiary/aromatic N) is 1. The summed E-state index contributed by atoms with van der Waals surface area (Å²) in [5.74, 6) is -0.169. The van der Waals surface area contributed by atoms with Crippen LogP contribution in [0.1, 0.15) is 27.9 Å². The molecule has 4 rings (SSSR count). The molecule has 0 aliphatic carbocycles. The molecule has 2 aromatic rings. The normalized spacial score (nSPS) is 21.3. The minimum atomic E-state index is -1.19. The lowest BCUT2D eigenvalue weighted by Crippen LogP contribution is -2.27. The number of aromatic nitrogens is 1. The Kier molecular flexibility index (Phi) is 3.02. The molecule has 1 aromatic carbocycles. The zero-order chi connectivity index (χ0) is 16.1. The number of ether oxygens (including phenoxy) is 1. The molecule has 2 atom stereocenters. The van der Waals surface area contributed by atoms with Crippen LogP contribution in [0.2, 0.25) is 0 Å². The van der Waals surface area contributed by atoms with Crippen LogP contribution in [0, 0.1) is 0 Å². The van der Waals surface area contributed by atoms with Crippen molar-refractivity contribution in [1.82, 2.24) is 9.88 Å². The molecule has 6 nitrogen and oxygen atoms in total. The molecule has 1 aromatic heterocycles. The van der Waals surface area contributed by atoms with Gasteiger partial charge in [0.15, 0.2) is 5.43 Å². The highest BCUT2D eigenvalue weighted by atomic mass is 16.5. The first-order chi connectivity index (χ1) is 11.1. The Balaban J connectivity index is 2.00. The predicted molar refractivity (Wildman–Crippen MR) is 84.3 cm³/mol. The number of benzene rings is 1. The van der Waals surface area contributed by atoms with Crippen molar-refractivity contribution < 1.29 is 14.6 Å². The number of rotatable bonds is 2. The molecule has 3 heterocycles. The van der Waals surface area contributed by atoms with E-state index in [1.54, 1.807) is 7.11 Å². The first kappa shape index (κ1) is 14.0. The van der Waals surface area contributed by atoms with Gasteiger partial charge in [-0.25, -0.2) is 4.79 Å². The van der Waals surface area contributed by atoms with E-state index < -0.39 is 11.4 Å². The summed E-state index contributed by atoms with van der Waals surface area (Å²) in [5.41, 5.74) is 2.22. The SMILES string of the molecule is COc1ccc2c(c1)C1CNCC1n1cc(C(=O)O)c(=O)cc1-2. The Morgan fingerprint density at radius 1 is 1.35 bits per heavy atom. The van der Waals surface area contributed by atoms with Crippen LogP contribution < -0.4 is 15.5 Å². The third kappa shape index (κ3) is 1.98. The van der Waals surface area contributed by atoms with Crippen LogP contribution in [-0.2, 0) is 0 Å². The molecule has 0 bridgehead atoms. The maximum atomic E-state index is 12.1. The lowest BCUT2D eigenvalue weighted by Gasteiger charge is -2.33. The quantitative estimate of drug-likeness (QED) is 0.877. The molecule has 0 saturated carbocycles. The number of hydrogen-bond acceptors (Lipinski definition) is 4. The molecule has 0 amide bonds. The topological polar surface area (TPSA) is 80.6 Å². The molecule has 2 N–H and O–H groups in total. The summed E-state index contributed by atoms with van der Waals surface area (Å²) in [7, 11) is 1.63. The minimum absolute atomic E-state index is 0.100. The fourth-order valence-electron chi connectivity index (χ4n) is 3.68. The van der Waals surface area contributed by atoms with Gasteiger partial charge < -0.3 is 19.7 Å². The van der Waals surface area contributed by atoms with Crippen LogP contribution in [0.15, 0.2) is 35.3 Å². The average molecular weight is 312 g/mol. The van der Waals surface area contributed by atoms with Crippen molar-refractivity contribution in [3.63, 3.8) is 0 Å². The van der Waals surface area contributed by atoms with Crippen LogP contribution in [0.3, 0.4) is 0 Å². The number of carboxylic acids is 1. The van der Waals surface area contributed by atoms with E-state index in [0.717, 1.165) is 35.7 Å². The van der Waals surface area contributed by atoms with E-state index in [2.05, 4.69) is 5.32 Å². The van der Waals surface area contributed by atoms with E-state index in [-0.39, 0.29) is 17.5 Å². The highest BCUT2D eigenvalue weighted by Crippen LogP contribution is 2.44. The summed E-state index contributed by atoms with van der Waals surface area (Å²) in [6.45, 7) is 1.56. The first-order valence-corrected chi connectivity index (χ1v) is 7.48. The Hall–Kier alpha value is -2.60. The van der Waals surface area contributed by atoms with Crippen molar-refractivity contribution in [2.75, 3.05) is 20.2 Å². The molecule has 2 unspecified atom stereocenters. The van der Waals surface area contributed by atoms with Gasteiger partial charge in [0.25, 0.3) is 0 Å². The number of carboxylic acid groups (broad SMARTS) is 1. The van der Waals surface area contributed by atoms with E-state index >= 15 is 0 Å². The van der Waals surface area contributed by atoms with Gasteiger partial charge >= 0.3 is 5.97 Å². The van der Waals surface area contributed by atoms with Gasteiger partial charge in [0, 0.05) is 36.8 Å². The lowest BCUT2D eigenvalue weighted by atomic mass is 9.84. The number of fused-ring (bicyclic) bond motifs is 6. The van der Waals surface area contributed by atoms with Crippen molar-refractivity contribution in [3.8, 4) is 17.0 Å². The lowest BCUT2D eigenvalue weighted by molar-refractivity contribution is 0.0694. The fourth-order valence-corrected chi connectivity index (χ4v) is 3.68. The molecule has 2 aliphatic heterocycles. The summed E-state index contributed by atoms with van der Waals surface area (Å²) in [4.78, 5) is 23.4. The van der Waals surface area contributed by atoms with Gasteiger partial charge in [0.05, 0.1) is 18.8 Å². The molecule has 23 heavy (non-hydrogen) atoms. The molecule has 0 spiro atoms. The second-order valence-electron chi connectivity index (χ2n) is 5.93. The van der Waals surface area contributed by atoms with Gasteiger partial charge in [-0.15, -0.1) is 0 Å². The number of methoxy groups -OCH3 is 1. The molecule has 118 valence electrons. The largest absolute Gasteiger partial charge is 0.497 e. The molecule has 6 heteroatoms.